The lowest BCUT2D eigenvalue weighted by atomic mass is 10.0. The molecule has 2 amide bonds. The van der Waals surface area contributed by atoms with Crippen molar-refractivity contribution in [1.82, 2.24) is 10.6 Å². The average Bonchev–Trinajstić information content (AvgIpc) is 2.83. The SMILES string of the molecule is CC[C@H](C)CC(O)NC(=O)[C@@H](Cc1ccccc1)NC(N)=NC(=O)Cc1ccc(OC)c(OC)c1. The van der Waals surface area contributed by atoms with Crippen LogP contribution in [0.25, 0.3) is 0 Å². The smallest absolute Gasteiger partial charge is 0.253 e. The van der Waals surface area contributed by atoms with Crippen LogP contribution in [0.2, 0.25) is 0 Å². The Morgan fingerprint density at radius 2 is 1.71 bits per heavy atom. The zero-order valence-corrected chi connectivity index (χ0v) is 20.8. The van der Waals surface area contributed by atoms with E-state index in [9.17, 15) is 14.7 Å². The zero-order valence-electron chi connectivity index (χ0n) is 20.8. The van der Waals surface area contributed by atoms with Crippen molar-refractivity contribution >= 4 is 17.8 Å². The second kappa shape index (κ2) is 14.0. The highest BCUT2D eigenvalue weighted by Crippen LogP contribution is 2.27. The van der Waals surface area contributed by atoms with Gasteiger partial charge in [-0.2, -0.15) is 4.99 Å². The zero-order chi connectivity index (χ0) is 25.8. The number of nitrogens with two attached hydrogens (primary N) is 1. The normalized spacial score (nSPS) is 13.9. The van der Waals surface area contributed by atoms with E-state index in [4.69, 9.17) is 15.2 Å². The van der Waals surface area contributed by atoms with Gasteiger partial charge in [-0.1, -0.05) is 56.7 Å². The maximum atomic E-state index is 12.9. The minimum absolute atomic E-state index is 0.00803. The second-order valence-electron chi connectivity index (χ2n) is 8.42. The van der Waals surface area contributed by atoms with Gasteiger partial charge in [-0.25, -0.2) is 0 Å². The number of nitrogens with one attached hydrogen (secondary N) is 2. The van der Waals surface area contributed by atoms with Crippen LogP contribution in [0, 0.1) is 5.92 Å². The first kappa shape index (κ1) is 27.7. The third kappa shape index (κ3) is 9.29. The molecule has 5 N–H and O–H groups in total. The summed E-state index contributed by atoms with van der Waals surface area (Å²) in [6.45, 7) is 4.03. The molecule has 0 aromatic heterocycles. The topological polar surface area (TPSA) is 135 Å². The fourth-order valence-electron chi connectivity index (χ4n) is 3.48. The van der Waals surface area contributed by atoms with Crippen molar-refractivity contribution in [2.75, 3.05) is 14.2 Å². The summed E-state index contributed by atoms with van der Waals surface area (Å²) < 4.78 is 10.5. The first-order chi connectivity index (χ1) is 16.7. The number of aliphatic hydroxyl groups excluding tert-OH is 1. The van der Waals surface area contributed by atoms with E-state index in [-0.39, 0.29) is 18.3 Å². The monoisotopic (exact) mass is 484 g/mol. The lowest BCUT2D eigenvalue weighted by molar-refractivity contribution is -0.126. The van der Waals surface area contributed by atoms with Gasteiger partial charge < -0.3 is 30.9 Å². The molecule has 2 rings (SSSR count). The summed E-state index contributed by atoms with van der Waals surface area (Å²) in [5.74, 6) is 0.213. The molecule has 2 aromatic carbocycles. The summed E-state index contributed by atoms with van der Waals surface area (Å²) in [6.07, 6.45) is 0.630. The van der Waals surface area contributed by atoms with Crippen molar-refractivity contribution in [3.63, 3.8) is 0 Å². The summed E-state index contributed by atoms with van der Waals surface area (Å²) in [5.41, 5.74) is 7.55. The van der Waals surface area contributed by atoms with Gasteiger partial charge in [0, 0.05) is 6.42 Å². The third-order valence-electron chi connectivity index (χ3n) is 5.60. The van der Waals surface area contributed by atoms with Gasteiger partial charge in [0.2, 0.25) is 5.91 Å². The van der Waals surface area contributed by atoms with Gasteiger partial charge in [-0.3, -0.25) is 9.59 Å². The van der Waals surface area contributed by atoms with E-state index in [0.29, 0.717) is 29.9 Å². The van der Waals surface area contributed by atoms with E-state index in [1.165, 1.54) is 14.2 Å². The lowest BCUT2D eigenvalue weighted by Gasteiger charge is -2.22. The van der Waals surface area contributed by atoms with Crippen molar-refractivity contribution in [3.05, 3.63) is 59.7 Å². The molecule has 0 saturated heterocycles. The number of benzene rings is 2. The Morgan fingerprint density at radius 3 is 2.34 bits per heavy atom. The largest absolute Gasteiger partial charge is 0.493 e. The van der Waals surface area contributed by atoms with E-state index in [1.807, 2.05) is 44.2 Å². The lowest BCUT2D eigenvalue weighted by Crippen LogP contribution is -2.52. The molecule has 9 heteroatoms. The highest BCUT2D eigenvalue weighted by Gasteiger charge is 2.23. The van der Waals surface area contributed by atoms with Crippen LogP contribution in [0.3, 0.4) is 0 Å². The molecule has 9 nitrogen and oxygen atoms in total. The van der Waals surface area contributed by atoms with E-state index >= 15 is 0 Å². The van der Waals surface area contributed by atoms with Gasteiger partial charge >= 0.3 is 0 Å². The number of nitrogens with zero attached hydrogens (tertiary/aromatic N) is 1. The molecule has 190 valence electrons. The van der Waals surface area contributed by atoms with Crippen molar-refractivity contribution in [2.45, 2.75) is 51.8 Å². The van der Waals surface area contributed by atoms with E-state index < -0.39 is 24.1 Å². The number of aliphatic hydroxyl groups is 1. The molecular formula is C26H36N4O5. The first-order valence-electron chi connectivity index (χ1n) is 11.6. The van der Waals surface area contributed by atoms with Crippen molar-refractivity contribution < 1.29 is 24.2 Å². The average molecular weight is 485 g/mol. The summed E-state index contributed by atoms with van der Waals surface area (Å²) in [6, 6.07) is 13.7. The molecule has 2 aromatic rings. The molecule has 0 heterocycles. The van der Waals surface area contributed by atoms with Crippen LogP contribution < -0.4 is 25.8 Å². The quantitative estimate of drug-likeness (QED) is 0.206. The Morgan fingerprint density at radius 1 is 1.03 bits per heavy atom. The maximum absolute atomic E-state index is 12.9. The van der Waals surface area contributed by atoms with Gasteiger partial charge in [0.15, 0.2) is 17.5 Å². The van der Waals surface area contributed by atoms with Crippen molar-refractivity contribution in [1.29, 1.82) is 0 Å². The molecule has 0 spiro atoms. The molecule has 0 aliphatic rings. The molecule has 3 atom stereocenters. The van der Waals surface area contributed by atoms with E-state index in [2.05, 4.69) is 15.6 Å². The van der Waals surface area contributed by atoms with Crippen molar-refractivity contribution in [3.8, 4) is 11.5 Å². The Labute approximate surface area is 206 Å². The van der Waals surface area contributed by atoms with Gasteiger partial charge in [-0.05, 0) is 35.6 Å². The van der Waals surface area contributed by atoms with Gasteiger partial charge in [0.1, 0.15) is 12.3 Å². The Balaban J connectivity index is 2.10. The van der Waals surface area contributed by atoms with Crippen LogP contribution in [0.1, 0.15) is 37.8 Å². The highest BCUT2D eigenvalue weighted by molar-refractivity contribution is 5.95. The second-order valence-corrected chi connectivity index (χ2v) is 8.42. The standard InChI is InChI=1S/C26H36N4O5/c1-5-17(2)13-23(31)29-25(33)20(14-18-9-7-6-8-10-18)28-26(27)30-24(32)16-19-11-12-21(34-3)22(15-19)35-4/h6-12,15,17,20,23,31H,5,13-14,16H2,1-4H3,(H,29,33)(H3,27,28,30,32)/t17-,20+,23?/m0/s1. The number of amides is 2. The Hall–Kier alpha value is -3.59. The number of guanidine groups is 1. The number of rotatable bonds is 12. The fraction of sp³-hybridized carbons (Fsp3) is 0.423. The molecule has 0 fully saturated rings. The predicted molar refractivity (Wildman–Crippen MR) is 135 cm³/mol. The minimum Gasteiger partial charge on any atom is -0.493 e. The predicted octanol–water partition coefficient (Wildman–Crippen LogP) is 2.16. The number of aliphatic imine (C=N–C) groups is 1. The van der Waals surface area contributed by atoms with Gasteiger partial charge in [0.05, 0.1) is 20.6 Å². The molecule has 0 bridgehead atoms. The highest BCUT2D eigenvalue weighted by atomic mass is 16.5. The maximum Gasteiger partial charge on any atom is 0.253 e. The molecule has 0 radical (unpaired) electrons. The summed E-state index contributed by atoms with van der Waals surface area (Å²) in [4.78, 5) is 29.3. The molecule has 0 aliphatic carbocycles. The molecule has 0 aliphatic heterocycles. The Kier molecular flexibility index (Phi) is 11.0. The number of carbonyl (C=O) groups excluding carboxylic acids is 2. The molecule has 35 heavy (non-hydrogen) atoms. The number of methoxy groups -OCH3 is 2. The van der Waals surface area contributed by atoms with Crippen LogP contribution in [0.15, 0.2) is 53.5 Å². The van der Waals surface area contributed by atoms with Crippen LogP contribution in [0.4, 0.5) is 0 Å². The third-order valence-corrected chi connectivity index (χ3v) is 5.60. The van der Waals surface area contributed by atoms with Crippen LogP contribution >= 0.6 is 0 Å². The van der Waals surface area contributed by atoms with E-state index in [1.54, 1.807) is 18.2 Å². The van der Waals surface area contributed by atoms with E-state index in [0.717, 1.165) is 12.0 Å². The fourth-order valence-corrected chi connectivity index (χ4v) is 3.48. The summed E-state index contributed by atoms with van der Waals surface area (Å²) in [7, 11) is 3.05. The molecular weight excluding hydrogens is 448 g/mol. The van der Waals surface area contributed by atoms with Gasteiger partial charge in [-0.15, -0.1) is 0 Å². The molecule has 1 unspecified atom stereocenters. The number of carbonyl (C=O) groups is 2. The number of hydrogen-bond donors (Lipinski definition) is 4. The summed E-state index contributed by atoms with van der Waals surface area (Å²) >= 11 is 0. The Bertz CT molecular complexity index is 996. The molecule has 0 saturated carbocycles. The van der Waals surface area contributed by atoms with Gasteiger partial charge in [0.25, 0.3) is 5.91 Å². The van der Waals surface area contributed by atoms with Crippen LogP contribution in [-0.2, 0) is 22.4 Å². The first-order valence-corrected chi connectivity index (χ1v) is 11.6. The number of ether oxygens (including phenoxy) is 2. The van der Waals surface area contributed by atoms with Crippen LogP contribution in [-0.4, -0.2) is 49.4 Å². The summed E-state index contributed by atoms with van der Waals surface area (Å²) in [5, 5.41) is 15.7. The van der Waals surface area contributed by atoms with Crippen molar-refractivity contribution in [2.24, 2.45) is 16.6 Å². The number of hydrogen-bond acceptors (Lipinski definition) is 5. The van der Waals surface area contributed by atoms with Crippen LogP contribution in [0.5, 0.6) is 11.5 Å². The minimum atomic E-state index is -0.984.